The monoisotopic (exact) mass is 184 g/mol. The zero-order chi connectivity index (χ0) is 10.1. The average molecular weight is 184 g/mol. The van der Waals surface area contributed by atoms with Crippen LogP contribution in [0.2, 0.25) is 0 Å². The van der Waals surface area contributed by atoms with Crippen LogP contribution in [0.15, 0.2) is 0 Å². The minimum absolute atomic E-state index is 0.324. The van der Waals surface area contributed by atoms with Crippen molar-refractivity contribution in [1.82, 2.24) is 4.90 Å². The Morgan fingerprint density at radius 3 is 2.46 bits per heavy atom. The lowest BCUT2D eigenvalue weighted by atomic mass is 9.83. The van der Waals surface area contributed by atoms with Crippen LogP contribution in [0.25, 0.3) is 0 Å². The molecule has 0 amide bonds. The van der Waals surface area contributed by atoms with Gasteiger partial charge in [-0.15, -0.1) is 0 Å². The van der Waals surface area contributed by atoms with Crippen molar-refractivity contribution >= 4 is 0 Å². The van der Waals surface area contributed by atoms with Crippen LogP contribution in [0.3, 0.4) is 0 Å². The van der Waals surface area contributed by atoms with E-state index in [0.717, 1.165) is 0 Å². The third kappa shape index (κ3) is 2.44. The van der Waals surface area contributed by atoms with E-state index in [0.29, 0.717) is 17.5 Å². The summed E-state index contributed by atoms with van der Waals surface area (Å²) in [6.45, 7) is 11.5. The molecule has 2 heteroatoms. The number of nitrogens with two attached hydrogens (primary N) is 1. The summed E-state index contributed by atoms with van der Waals surface area (Å²) in [6.07, 6.45) is 2.40. The van der Waals surface area contributed by atoms with Crippen LogP contribution in [-0.2, 0) is 0 Å². The first kappa shape index (κ1) is 11.0. The third-order valence-electron chi connectivity index (χ3n) is 2.95. The summed E-state index contributed by atoms with van der Waals surface area (Å²) in [5.41, 5.74) is 6.47. The van der Waals surface area contributed by atoms with Gasteiger partial charge in [-0.2, -0.15) is 0 Å². The molecule has 1 aliphatic heterocycles. The van der Waals surface area contributed by atoms with Crippen LogP contribution < -0.4 is 5.73 Å². The number of rotatable bonds is 2. The topological polar surface area (TPSA) is 29.3 Å². The Balaban J connectivity index is 2.65. The fourth-order valence-corrected chi connectivity index (χ4v) is 2.61. The summed E-state index contributed by atoms with van der Waals surface area (Å²) in [6, 6.07) is 0.957. The molecule has 2 atom stereocenters. The van der Waals surface area contributed by atoms with Crippen molar-refractivity contribution in [2.45, 2.75) is 52.6 Å². The molecule has 2 N–H and O–H groups in total. The van der Waals surface area contributed by atoms with E-state index >= 15 is 0 Å². The van der Waals surface area contributed by atoms with Crippen LogP contribution >= 0.6 is 0 Å². The quantitative estimate of drug-likeness (QED) is 0.709. The zero-order valence-electron chi connectivity index (χ0n) is 9.51. The predicted octanol–water partition coefficient (Wildman–Crippen LogP) is 1.84. The van der Waals surface area contributed by atoms with E-state index in [1.807, 2.05) is 0 Å². The second kappa shape index (κ2) is 3.97. The van der Waals surface area contributed by atoms with E-state index < -0.39 is 0 Å². The van der Waals surface area contributed by atoms with Gasteiger partial charge in [0.25, 0.3) is 0 Å². The summed E-state index contributed by atoms with van der Waals surface area (Å²) in [5, 5.41) is 0. The maximum Gasteiger partial charge on any atom is 0.0296 e. The maximum atomic E-state index is 6.14. The van der Waals surface area contributed by atoms with Gasteiger partial charge in [-0.1, -0.05) is 27.7 Å². The Labute approximate surface area is 82.5 Å². The summed E-state index contributed by atoms with van der Waals surface area (Å²) >= 11 is 0. The van der Waals surface area contributed by atoms with Crippen molar-refractivity contribution < 1.29 is 0 Å². The molecule has 0 aromatic carbocycles. The molecule has 2 nitrogen and oxygen atoms in total. The molecule has 0 bridgehead atoms. The highest BCUT2D eigenvalue weighted by molar-refractivity contribution is 4.96. The molecule has 1 saturated heterocycles. The molecule has 1 aliphatic rings. The van der Waals surface area contributed by atoms with Gasteiger partial charge in [0.2, 0.25) is 0 Å². The lowest BCUT2D eigenvalue weighted by Gasteiger charge is -2.37. The first-order valence-electron chi connectivity index (χ1n) is 5.46. The van der Waals surface area contributed by atoms with Crippen molar-refractivity contribution in [3.63, 3.8) is 0 Å². The summed E-state index contributed by atoms with van der Waals surface area (Å²) < 4.78 is 0. The van der Waals surface area contributed by atoms with Crippen molar-refractivity contribution in [2.75, 3.05) is 13.1 Å². The molecule has 1 fully saturated rings. The van der Waals surface area contributed by atoms with Gasteiger partial charge in [0.15, 0.2) is 0 Å². The second-order valence-electron chi connectivity index (χ2n) is 5.30. The normalized spacial score (nSPS) is 31.2. The smallest absolute Gasteiger partial charge is 0.0296 e. The highest BCUT2D eigenvalue weighted by Gasteiger charge is 2.38. The van der Waals surface area contributed by atoms with Crippen molar-refractivity contribution in [3.05, 3.63) is 0 Å². The fourth-order valence-electron chi connectivity index (χ4n) is 2.61. The van der Waals surface area contributed by atoms with E-state index in [1.54, 1.807) is 0 Å². The molecule has 1 rings (SSSR count). The van der Waals surface area contributed by atoms with E-state index in [9.17, 15) is 0 Å². The van der Waals surface area contributed by atoms with Crippen molar-refractivity contribution in [3.8, 4) is 0 Å². The Kier molecular flexibility index (Phi) is 3.36. The first-order chi connectivity index (χ1) is 5.96. The average Bonchev–Trinajstić information content (AvgIpc) is 2.31. The lowest BCUT2D eigenvalue weighted by molar-refractivity contribution is 0.131. The Morgan fingerprint density at radius 2 is 2.00 bits per heavy atom. The molecule has 0 unspecified atom stereocenters. The largest absolute Gasteiger partial charge is 0.326 e. The Bertz CT molecular complexity index is 158. The minimum atomic E-state index is 0.324. The molecule has 1 heterocycles. The van der Waals surface area contributed by atoms with Gasteiger partial charge in [-0.3, -0.25) is 4.90 Å². The van der Waals surface area contributed by atoms with E-state index in [4.69, 9.17) is 5.73 Å². The number of nitrogens with zero attached hydrogens (tertiary/aromatic N) is 1. The predicted molar refractivity (Wildman–Crippen MR) is 57.7 cm³/mol. The standard InChI is InChI=1S/C11H24N2/c1-5-7-13-8-6-9(12)10(13)11(2,3)4/h9-10H,5-8,12H2,1-4H3/t9-,10-/m0/s1. The molecule has 13 heavy (non-hydrogen) atoms. The van der Waals surface area contributed by atoms with Gasteiger partial charge < -0.3 is 5.73 Å². The minimum Gasteiger partial charge on any atom is -0.326 e. The van der Waals surface area contributed by atoms with Crippen molar-refractivity contribution in [2.24, 2.45) is 11.1 Å². The number of likely N-dealkylation sites (tertiary alicyclic amines) is 1. The van der Waals surface area contributed by atoms with Gasteiger partial charge in [0, 0.05) is 18.6 Å². The number of hydrogen-bond acceptors (Lipinski definition) is 2. The Morgan fingerprint density at radius 1 is 1.38 bits per heavy atom. The molecule has 0 radical (unpaired) electrons. The number of hydrogen-bond donors (Lipinski definition) is 1. The van der Waals surface area contributed by atoms with Crippen LogP contribution in [0.5, 0.6) is 0 Å². The van der Waals surface area contributed by atoms with Gasteiger partial charge in [-0.05, 0) is 24.8 Å². The molecular weight excluding hydrogens is 160 g/mol. The van der Waals surface area contributed by atoms with Crippen molar-refractivity contribution in [1.29, 1.82) is 0 Å². The zero-order valence-corrected chi connectivity index (χ0v) is 9.51. The molecule has 0 aromatic rings. The fraction of sp³-hybridized carbons (Fsp3) is 1.00. The first-order valence-corrected chi connectivity index (χ1v) is 5.46. The molecule has 0 aliphatic carbocycles. The van der Waals surface area contributed by atoms with Crippen LogP contribution in [-0.4, -0.2) is 30.1 Å². The van der Waals surface area contributed by atoms with Gasteiger partial charge in [-0.25, -0.2) is 0 Å². The molecular formula is C11H24N2. The third-order valence-corrected chi connectivity index (χ3v) is 2.95. The summed E-state index contributed by atoms with van der Waals surface area (Å²) in [4.78, 5) is 2.56. The summed E-state index contributed by atoms with van der Waals surface area (Å²) in [5.74, 6) is 0. The molecule has 0 aromatic heterocycles. The highest BCUT2D eigenvalue weighted by atomic mass is 15.2. The summed E-state index contributed by atoms with van der Waals surface area (Å²) in [7, 11) is 0. The molecule has 78 valence electrons. The maximum absolute atomic E-state index is 6.14. The van der Waals surface area contributed by atoms with Crippen LogP contribution in [0.4, 0.5) is 0 Å². The van der Waals surface area contributed by atoms with Gasteiger partial charge >= 0.3 is 0 Å². The molecule has 0 spiro atoms. The van der Waals surface area contributed by atoms with E-state index in [-0.39, 0.29) is 0 Å². The SMILES string of the molecule is CCCN1CC[C@H](N)[C@H]1C(C)(C)C. The molecule has 0 saturated carbocycles. The van der Waals surface area contributed by atoms with Crippen LogP contribution in [0.1, 0.15) is 40.5 Å². The van der Waals surface area contributed by atoms with E-state index in [1.165, 1.54) is 25.9 Å². The van der Waals surface area contributed by atoms with E-state index in [2.05, 4.69) is 32.6 Å². The van der Waals surface area contributed by atoms with Crippen LogP contribution in [0, 0.1) is 5.41 Å². The van der Waals surface area contributed by atoms with Gasteiger partial charge in [0.1, 0.15) is 0 Å². The lowest BCUT2D eigenvalue weighted by Crippen LogP contribution is -2.48. The highest BCUT2D eigenvalue weighted by Crippen LogP contribution is 2.31. The van der Waals surface area contributed by atoms with Gasteiger partial charge in [0.05, 0.1) is 0 Å². The second-order valence-corrected chi connectivity index (χ2v) is 5.30. The Hall–Kier alpha value is -0.0800.